The molecule has 0 saturated carbocycles. The lowest BCUT2D eigenvalue weighted by molar-refractivity contribution is -0.169. The van der Waals surface area contributed by atoms with E-state index in [0.717, 1.165) is 57.5 Å². The van der Waals surface area contributed by atoms with Gasteiger partial charge in [-0.25, -0.2) is 0 Å². The van der Waals surface area contributed by atoms with Gasteiger partial charge in [0.2, 0.25) is 0 Å². The second kappa shape index (κ2) is 8.15. The summed E-state index contributed by atoms with van der Waals surface area (Å²) >= 11 is 0. The van der Waals surface area contributed by atoms with Crippen LogP contribution in [0.3, 0.4) is 0 Å². The molecule has 1 aromatic heterocycles. The molecule has 0 aliphatic carbocycles. The number of carbonyl (C=O) groups excluding carboxylic acids is 1. The van der Waals surface area contributed by atoms with Crippen LogP contribution in [-0.2, 0) is 9.47 Å². The SMILES string of the molecule is CCCN(CCC)C(=O)c1cncc(N2CCC3(CC2)OCCO3)c1. The van der Waals surface area contributed by atoms with Gasteiger partial charge in [-0.15, -0.1) is 0 Å². The number of piperidine rings is 1. The van der Waals surface area contributed by atoms with Gasteiger partial charge in [0.25, 0.3) is 5.91 Å². The molecule has 0 N–H and O–H groups in total. The summed E-state index contributed by atoms with van der Waals surface area (Å²) in [6.07, 6.45) is 7.15. The summed E-state index contributed by atoms with van der Waals surface area (Å²) in [6.45, 7) is 8.87. The molecule has 3 rings (SSSR count). The molecule has 6 nitrogen and oxygen atoms in total. The first-order valence-electron chi connectivity index (χ1n) is 9.44. The summed E-state index contributed by atoms with van der Waals surface area (Å²) in [5, 5.41) is 0. The summed E-state index contributed by atoms with van der Waals surface area (Å²) in [6, 6.07) is 1.97. The third-order valence-corrected chi connectivity index (χ3v) is 4.95. The first-order valence-corrected chi connectivity index (χ1v) is 9.44. The minimum absolute atomic E-state index is 0.0778. The Kier molecular flexibility index (Phi) is 5.91. The van der Waals surface area contributed by atoms with Crippen LogP contribution < -0.4 is 4.90 Å². The average molecular weight is 347 g/mol. The molecule has 2 saturated heterocycles. The number of anilines is 1. The van der Waals surface area contributed by atoms with Gasteiger partial charge in [-0.3, -0.25) is 9.78 Å². The van der Waals surface area contributed by atoms with Crippen molar-refractivity contribution >= 4 is 11.6 Å². The van der Waals surface area contributed by atoms with Crippen molar-refractivity contribution in [2.24, 2.45) is 0 Å². The van der Waals surface area contributed by atoms with Gasteiger partial charge in [-0.1, -0.05) is 13.8 Å². The first kappa shape index (κ1) is 18.1. The molecule has 0 bridgehead atoms. The maximum Gasteiger partial charge on any atom is 0.255 e. The van der Waals surface area contributed by atoms with Crippen LogP contribution in [0.15, 0.2) is 18.5 Å². The van der Waals surface area contributed by atoms with Crippen molar-refractivity contribution in [3.63, 3.8) is 0 Å². The standard InChI is InChI=1S/C19H29N3O3/c1-3-7-22(8-4-2)18(23)16-13-17(15-20-14-16)21-9-5-19(6-10-21)24-11-12-25-19/h13-15H,3-12H2,1-2H3. The van der Waals surface area contributed by atoms with E-state index in [1.54, 1.807) is 6.20 Å². The number of ether oxygens (including phenoxy) is 2. The van der Waals surface area contributed by atoms with Gasteiger partial charge >= 0.3 is 0 Å². The molecule has 6 heteroatoms. The highest BCUT2D eigenvalue weighted by atomic mass is 16.7. The summed E-state index contributed by atoms with van der Waals surface area (Å²) in [5.74, 6) is -0.301. The molecule has 0 aromatic carbocycles. The number of aromatic nitrogens is 1. The van der Waals surface area contributed by atoms with Crippen LogP contribution in [-0.4, -0.2) is 61.0 Å². The molecular formula is C19H29N3O3. The normalized spacial score (nSPS) is 19.4. The molecule has 0 radical (unpaired) electrons. The molecule has 0 atom stereocenters. The van der Waals surface area contributed by atoms with Gasteiger partial charge in [-0.2, -0.15) is 0 Å². The quantitative estimate of drug-likeness (QED) is 0.792. The highest BCUT2D eigenvalue weighted by Crippen LogP contribution is 2.33. The van der Waals surface area contributed by atoms with Crippen molar-refractivity contribution in [2.45, 2.75) is 45.3 Å². The van der Waals surface area contributed by atoms with Gasteiger partial charge < -0.3 is 19.3 Å². The average Bonchev–Trinajstić information content (AvgIpc) is 3.10. The molecule has 3 heterocycles. The Morgan fingerprint density at radius 3 is 2.40 bits per heavy atom. The van der Waals surface area contributed by atoms with Crippen molar-refractivity contribution in [1.29, 1.82) is 0 Å². The van der Waals surface area contributed by atoms with Gasteiger partial charge in [-0.05, 0) is 18.9 Å². The summed E-state index contributed by atoms with van der Waals surface area (Å²) in [7, 11) is 0. The number of hydrogen-bond acceptors (Lipinski definition) is 5. The third-order valence-electron chi connectivity index (χ3n) is 4.95. The Morgan fingerprint density at radius 1 is 1.16 bits per heavy atom. The van der Waals surface area contributed by atoms with Crippen LogP contribution in [0.1, 0.15) is 49.9 Å². The van der Waals surface area contributed by atoms with E-state index in [4.69, 9.17) is 9.47 Å². The van der Waals surface area contributed by atoms with Crippen molar-refractivity contribution in [3.05, 3.63) is 24.0 Å². The predicted molar refractivity (Wildman–Crippen MR) is 96.8 cm³/mol. The first-order chi connectivity index (χ1) is 12.2. The van der Waals surface area contributed by atoms with Crippen molar-refractivity contribution < 1.29 is 14.3 Å². The Bertz CT molecular complexity index is 571. The third kappa shape index (κ3) is 4.12. The summed E-state index contributed by atoms with van der Waals surface area (Å²) < 4.78 is 11.6. The molecule has 2 aliphatic heterocycles. The molecule has 25 heavy (non-hydrogen) atoms. The number of rotatable bonds is 6. The Hall–Kier alpha value is -1.66. The van der Waals surface area contributed by atoms with Crippen molar-refractivity contribution in [1.82, 2.24) is 9.88 Å². The monoisotopic (exact) mass is 347 g/mol. The fraction of sp³-hybridized carbons (Fsp3) is 0.684. The Morgan fingerprint density at radius 2 is 1.80 bits per heavy atom. The topological polar surface area (TPSA) is 54.9 Å². The number of hydrogen-bond donors (Lipinski definition) is 0. The molecule has 138 valence electrons. The lowest BCUT2D eigenvalue weighted by atomic mass is 10.0. The van der Waals surface area contributed by atoms with Crippen LogP contribution in [0.25, 0.3) is 0 Å². The Labute approximate surface area is 150 Å². The van der Waals surface area contributed by atoms with E-state index in [1.165, 1.54) is 0 Å². The zero-order chi connectivity index (χ0) is 17.7. The molecule has 0 unspecified atom stereocenters. The number of pyridine rings is 1. The summed E-state index contributed by atoms with van der Waals surface area (Å²) in [4.78, 5) is 21.3. The second-order valence-electron chi connectivity index (χ2n) is 6.82. The van der Waals surface area contributed by atoms with E-state index in [2.05, 4.69) is 23.7 Å². The number of carbonyl (C=O) groups is 1. The molecule has 1 spiro atoms. The lowest BCUT2D eigenvalue weighted by Crippen LogP contribution is -2.45. The predicted octanol–water partition coefficient (Wildman–Crippen LogP) is 2.69. The zero-order valence-electron chi connectivity index (χ0n) is 15.4. The number of nitrogens with zero attached hydrogens (tertiary/aromatic N) is 3. The van der Waals surface area contributed by atoms with Crippen molar-refractivity contribution in [2.75, 3.05) is 44.3 Å². The highest BCUT2D eigenvalue weighted by Gasteiger charge is 2.39. The molecule has 2 fully saturated rings. The van der Waals surface area contributed by atoms with Crippen LogP contribution in [0.2, 0.25) is 0 Å². The molecule has 2 aliphatic rings. The van der Waals surface area contributed by atoms with Crippen LogP contribution in [0, 0.1) is 0 Å². The molecule has 1 aromatic rings. The smallest absolute Gasteiger partial charge is 0.255 e. The number of amides is 1. The van der Waals surface area contributed by atoms with Crippen LogP contribution in [0.5, 0.6) is 0 Å². The van der Waals surface area contributed by atoms with E-state index in [-0.39, 0.29) is 11.7 Å². The fourth-order valence-corrected chi connectivity index (χ4v) is 3.65. The maximum atomic E-state index is 12.8. The summed E-state index contributed by atoms with van der Waals surface area (Å²) in [5.41, 5.74) is 1.68. The maximum absolute atomic E-state index is 12.8. The van der Waals surface area contributed by atoms with E-state index >= 15 is 0 Å². The van der Waals surface area contributed by atoms with E-state index in [1.807, 2.05) is 17.2 Å². The van der Waals surface area contributed by atoms with Crippen LogP contribution >= 0.6 is 0 Å². The lowest BCUT2D eigenvalue weighted by Gasteiger charge is -2.38. The van der Waals surface area contributed by atoms with Gasteiger partial charge in [0.05, 0.1) is 30.7 Å². The van der Waals surface area contributed by atoms with E-state index < -0.39 is 0 Å². The van der Waals surface area contributed by atoms with Crippen molar-refractivity contribution in [3.8, 4) is 0 Å². The fourth-order valence-electron chi connectivity index (χ4n) is 3.65. The largest absolute Gasteiger partial charge is 0.370 e. The highest BCUT2D eigenvalue weighted by molar-refractivity contribution is 5.94. The second-order valence-corrected chi connectivity index (χ2v) is 6.82. The Balaban J connectivity index is 1.68. The minimum Gasteiger partial charge on any atom is -0.370 e. The van der Waals surface area contributed by atoms with Gasteiger partial charge in [0, 0.05) is 45.2 Å². The molecule has 1 amide bonds. The molecular weight excluding hydrogens is 318 g/mol. The van der Waals surface area contributed by atoms with E-state index in [0.29, 0.717) is 18.8 Å². The van der Waals surface area contributed by atoms with Gasteiger partial charge in [0.15, 0.2) is 5.79 Å². The van der Waals surface area contributed by atoms with Gasteiger partial charge in [0.1, 0.15) is 0 Å². The minimum atomic E-state index is -0.379. The van der Waals surface area contributed by atoms with Crippen LogP contribution in [0.4, 0.5) is 5.69 Å². The van der Waals surface area contributed by atoms with E-state index in [9.17, 15) is 4.79 Å². The zero-order valence-corrected chi connectivity index (χ0v) is 15.4.